The molecule has 0 saturated heterocycles. The van der Waals surface area contributed by atoms with E-state index in [-0.39, 0.29) is 17.7 Å². The maximum Gasteiger partial charge on any atom is 0.253 e. The summed E-state index contributed by atoms with van der Waals surface area (Å²) in [6, 6.07) is 21.5. The van der Waals surface area contributed by atoms with Crippen LogP contribution in [0.25, 0.3) is 0 Å². The van der Waals surface area contributed by atoms with E-state index in [1.807, 2.05) is 73.7 Å². The molecule has 8 nitrogen and oxygen atoms in total. The van der Waals surface area contributed by atoms with Gasteiger partial charge in [0.1, 0.15) is 11.8 Å². The van der Waals surface area contributed by atoms with Gasteiger partial charge in [-0.1, -0.05) is 71.9 Å². The summed E-state index contributed by atoms with van der Waals surface area (Å²) in [5, 5.41) is 18.7. The van der Waals surface area contributed by atoms with E-state index in [9.17, 15) is 4.79 Å². The number of nitrogens with zero attached hydrogens (tertiary/aromatic N) is 6. The zero-order valence-electron chi connectivity index (χ0n) is 18.0. The molecule has 0 spiro atoms. The number of aromatic nitrogens is 4. The highest BCUT2D eigenvalue weighted by molar-refractivity contribution is 7.99. The molecule has 9 heteroatoms. The largest absolute Gasteiger partial charge is 0.467 e. The average molecular weight is 459 g/mol. The Bertz CT molecular complexity index is 1250. The van der Waals surface area contributed by atoms with Crippen LogP contribution in [0.2, 0.25) is 0 Å². The number of hydrogen-bond acceptors (Lipinski definition) is 7. The van der Waals surface area contributed by atoms with Crippen molar-refractivity contribution in [1.82, 2.24) is 25.2 Å². The maximum atomic E-state index is 13.2. The van der Waals surface area contributed by atoms with Gasteiger partial charge in [0.2, 0.25) is 5.16 Å². The van der Waals surface area contributed by atoms with Crippen LogP contribution in [-0.2, 0) is 11.3 Å². The molecule has 3 heterocycles. The third-order valence-corrected chi connectivity index (χ3v) is 6.36. The van der Waals surface area contributed by atoms with E-state index in [2.05, 4.69) is 20.6 Å². The molecule has 1 unspecified atom stereocenters. The molecule has 5 rings (SSSR count). The molecule has 0 saturated carbocycles. The molecular weight excluding hydrogens is 436 g/mol. The van der Waals surface area contributed by atoms with Gasteiger partial charge >= 0.3 is 0 Å². The number of tetrazole rings is 1. The summed E-state index contributed by atoms with van der Waals surface area (Å²) in [4.78, 5) is 13.2. The van der Waals surface area contributed by atoms with Crippen molar-refractivity contribution in [2.24, 2.45) is 5.10 Å². The molecule has 1 amide bonds. The van der Waals surface area contributed by atoms with Gasteiger partial charge in [-0.2, -0.15) is 5.10 Å². The number of benzene rings is 2. The maximum absolute atomic E-state index is 13.2. The fourth-order valence-corrected chi connectivity index (χ4v) is 4.44. The van der Waals surface area contributed by atoms with Crippen molar-refractivity contribution in [1.29, 1.82) is 0 Å². The first-order chi connectivity index (χ1) is 16.2. The fraction of sp³-hybridized carbons (Fsp3) is 0.208. The van der Waals surface area contributed by atoms with Crippen molar-refractivity contribution >= 4 is 23.4 Å². The van der Waals surface area contributed by atoms with Crippen LogP contribution in [0.1, 0.15) is 34.9 Å². The highest BCUT2D eigenvalue weighted by Crippen LogP contribution is 2.34. The second-order valence-electron chi connectivity index (χ2n) is 7.78. The van der Waals surface area contributed by atoms with Crippen molar-refractivity contribution in [3.63, 3.8) is 0 Å². The summed E-state index contributed by atoms with van der Waals surface area (Å²) in [6.45, 7) is 2.59. The fourth-order valence-electron chi connectivity index (χ4n) is 3.71. The monoisotopic (exact) mass is 458 g/mol. The topological polar surface area (TPSA) is 89.4 Å². The van der Waals surface area contributed by atoms with Crippen molar-refractivity contribution < 1.29 is 9.21 Å². The number of carbonyl (C=O) groups excluding carboxylic acids is 1. The lowest BCUT2D eigenvalue weighted by Gasteiger charge is -2.19. The molecule has 1 aliphatic rings. The summed E-state index contributed by atoms with van der Waals surface area (Å²) >= 11 is 1.30. The van der Waals surface area contributed by atoms with Crippen LogP contribution in [-0.4, -0.2) is 42.6 Å². The highest BCUT2D eigenvalue weighted by atomic mass is 32.2. The van der Waals surface area contributed by atoms with Crippen LogP contribution in [0.15, 0.2) is 87.7 Å². The van der Waals surface area contributed by atoms with Crippen molar-refractivity contribution in [3.05, 3.63) is 95.4 Å². The molecule has 0 aliphatic carbocycles. The van der Waals surface area contributed by atoms with Gasteiger partial charge < -0.3 is 4.42 Å². The van der Waals surface area contributed by atoms with E-state index in [1.165, 1.54) is 22.3 Å². The third kappa shape index (κ3) is 4.73. The minimum absolute atomic E-state index is 0.127. The predicted octanol–water partition coefficient (Wildman–Crippen LogP) is 4.09. The zero-order chi connectivity index (χ0) is 22.6. The van der Waals surface area contributed by atoms with Gasteiger partial charge in [-0.3, -0.25) is 4.79 Å². The van der Waals surface area contributed by atoms with Gasteiger partial charge in [0.25, 0.3) is 5.91 Å². The van der Waals surface area contributed by atoms with Crippen molar-refractivity contribution in [3.8, 4) is 0 Å². The lowest BCUT2D eigenvalue weighted by molar-refractivity contribution is -0.130. The van der Waals surface area contributed by atoms with E-state index in [0.717, 1.165) is 16.8 Å². The number of rotatable bonds is 7. The minimum atomic E-state index is -0.273. The Labute approximate surface area is 195 Å². The van der Waals surface area contributed by atoms with E-state index < -0.39 is 0 Å². The Morgan fingerprint density at radius 1 is 1.09 bits per heavy atom. The smallest absolute Gasteiger partial charge is 0.253 e. The minimum Gasteiger partial charge on any atom is -0.467 e. The molecular formula is C24H22N6O2S. The number of hydrazone groups is 1. The molecule has 166 valence electrons. The van der Waals surface area contributed by atoms with Crippen LogP contribution in [0.5, 0.6) is 0 Å². The first-order valence-electron chi connectivity index (χ1n) is 10.6. The number of aryl methyl sites for hydroxylation is 1. The van der Waals surface area contributed by atoms with Gasteiger partial charge in [0.15, 0.2) is 0 Å². The zero-order valence-corrected chi connectivity index (χ0v) is 18.9. The van der Waals surface area contributed by atoms with Gasteiger partial charge in [-0.25, -0.2) is 9.69 Å². The summed E-state index contributed by atoms with van der Waals surface area (Å²) < 4.78 is 7.32. The quantitative estimate of drug-likeness (QED) is 0.388. The second-order valence-corrected chi connectivity index (χ2v) is 8.72. The van der Waals surface area contributed by atoms with Crippen LogP contribution in [0.4, 0.5) is 0 Å². The molecule has 2 aromatic carbocycles. The molecule has 0 N–H and O–H groups in total. The number of hydrogen-bond donors (Lipinski definition) is 0. The summed E-state index contributed by atoms with van der Waals surface area (Å²) in [7, 11) is 0. The first-order valence-corrected chi connectivity index (χ1v) is 11.6. The van der Waals surface area contributed by atoms with Gasteiger partial charge in [0.05, 0.1) is 24.3 Å². The molecule has 33 heavy (non-hydrogen) atoms. The molecule has 1 aliphatic heterocycles. The Kier molecular flexibility index (Phi) is 6.03. The van der Waals surface area contributed by atoms with Crippen LogP contribution in [0, 0.1) is 6.92 Å². The molecule has 2 aromatic heterocycles. The summed E-state index contributed by atoms with van der Waals surface area (Å²) in [5.74, 6) is 0.753. The Morgan fingerprint density at radius 3 is 2.67 bits per heavy atom. The number of thioether (sulfide) groups is 1. The first kappa shape index (κ1) is 21.1. The summed E-state index contributed by atoms with van der Waals surface area (Å²) in [6.07, 6.45) is 2.22. The predicted molar refractivity (Wildman–Crippen MR) is 125 cm³/mol. The molecule has 1 atom stereocenters. The molecule has 0 fully saturated rings. The third-order valence-electron chi connectivity index (χ3n) is 5.42. The lowest BCUT2D eigenvalue weighted by Crippen LogP contribution is -2.28. The Balaban J connectivity index is 1.32. The van der Waals surface area contributed by atoms with E-state index in [0.29, 0.717) is 23.9 Å². The van der Waals surface area contributed by atoms with Gasteiger partial charge in [-0.05, 0) is 40.6 Å². The van der Waals surface area contributed by atoms with E-state index in [4.69, 9.17) is 4.42 Å². The Hall–Kier alpha value is -3.72. The number of carbonyl (C=O) groups is 1. The standard InChI is InChI=1S/C24H22N6O2S/c1-17-9-11-19(12-10-17)20-14-21(22-8-5-13-32-22)30(26-20)23(31)16-33-24-25-27-28-29(24)15-18-6-3-2-4-7-18/h2-13,21H,14-16H2,1H3. The van der Waals surface area contributed by atoms with E-state index in [1.54, 1.807) is 10.9 Å². The van der Waals surface area contributed by atoms with Gasteiger partial charge in [-0.15, -0.1) is 5.10 Å². The Morgan fingerprint density at radius 2 is 1.91 bits per heavy atom. The van der Waals surface area contributed by atoms with Crippen molar-refractivity contribution in [2.75, 3.05) is 5.75 Å². The van der Waals surface area contributed by atoms with Crippen LogP contribution in [0.3, 0.4) is 0 Å². The lowest BCUT2D eigenvalue weighted by atomic mass is 10.0. The van der Waals surface area contributed by atoms with Crippen LogP contribution < -0.4 is 0 Å². The van der Waals surface area contributed by atoms with Crippen molar-refractivity contribution in [2.45, 2.75) is 31.1 Å². The second kappa shape index (κ2) is 9.41. The normalized spacial score (nSPS) is 15.6. The number of amides is 1. The molecule has 4 aromatic rings. The SMILES string of the molecule is Cc1ccc(C2=NN(C(=O)CSc3nnnn3Cc3ccccc3)C(c3ccco3)C2)cc1. The summed E-state index contributed by atoms with van der Waals surface area (Å²) in [5.41, 5.74) is 4.14. The molecule has 0 bridgehead atoms. The van der Waals surface area contributed by atoms with Gasteiger partial charge in [0, 0.05) is 6.42 Å². The van der Waals surface area contributed by atoms with Crippen LogP contribution >= 0.6 is 11.8 Å². The highest BCUT2D eigenvalue weighted by Gasteiger charge is 2.35. The number of furan rings is 1. The molecule has 0 radical (unpaired) electrons. The average Bonchev–Trinajstić information content (AvgIpc) is 3.59. The van der Waals surface area contributed by atoms with E-state index >= 15 is 0 Å².